The Balaban J connectivity index is 5.01. The molecule has 0 saturated carbocycles. The van der Waals surface area contributed by atoms with Gasteiger partial charge in [-0.1, -0.05) is 0 Å². The van der Waals surface area contributed by atoms with Gasteiger partial charge in [0.15, 0.2) is 5.60 Å². The molecule has 0 aliphatic carbocycles. The van der Waals surface area contributed by atoms with Gasteiger partial charge in [-0.25, -0.2) is 9.59 Å². The summed E-state index contributed by atoms with van der Waals surface area (Å²) >= 11 is 0. The van der Waals surface area contributed by atoms with Crippen LogP contribution in [-0.2, 0) is 32.6 Å². The number of carboxylic acid groups (broad SMARTS) is 1. The maximum Gasteiger partial charge on any atom is 0.750 e. The largest absolute Gasteiger partial charge is 0.750 e. The second-order valence-electron chi connectivity index (χ2n) is 3.10. The van der Waals surface area contributed by atoms with E-state index in [1.54, 1.807) is 0 Å². The Hall–Kier alpha value is -1.51. The van der Waals surface area contributed by atoms with Gasteiger partial charge in [-0.05, 0) is 0 Å². The van der Waals surface area contributed by atoms with Gasteiger partial charge in [-0.15, -0.1) is 9.79 Å². The Bertz CT molecular complexity index is 431. The van der Waals surface area contributed by atoms with Crippen molar-refractivity contribution in [1.82, 2.24) is 0 Å². The summed E-state index contributed by atoms with van der Waals surface area (Å²) in [5, 5.41) is 18.1. The minimum atomic E-state index is -3.48. The van der Waals surface area contributed by atoms with Crippen LogP contribution >= 0.6 is 16.5 Å². The van der Waals surface area contributed by atoms with Crippen LogP contribution in [0.25, 0.3) is 0 Å². The topological polar surface area (TPSA) is 185 Å². The van der Waals surface area contributed by atoms with Crippen LogP contribution in [0.3, 0.4) is 0 Å². The highest BCUT2D eigenvalue weighted by Gasteiger charge is 2.48. The monoisotopic (exact) mass is 318 g/mol. The Morgan fingerprint density at radius 1 is 1.00 bits per heavy atom. The minimum Gasteiger partial charge on any atom is -0.481 e. The van der Waals surface area contributed by atoms with E-state index in [4.69, 9.17) is 14.9 Å². The fourth-order valence-corrected chi connectivity index (χ4v) is 1.52. The van der Waals surface area contributed by atoms with Crippen LogP contribution in [0, 0.1) is 0 Å². The molecular formula is C6H8O11P2+2. The lowest BCUT2D eigenvalue weighted by Crippen LogP contribution is -2.43. The van der Waals surface area contributed by atoms with Crippen LogP contribution in [0.1, 0.15) is 12.8 Å². The first-order valence-corrected chi connectivity index (χ1v) is 6.52. The van der Waals surface area contributed by atoms with Crippen molar-refractivity contribution in [2.75, 3.05) is 0 Å². The molecule has 106 valence electrons. The molecule has 0 aliphatic heterocycles. The van der Waals surface area contributed by atoms with Crippen molar-refractivity contribution in [2.45, 2.75) is 18.4 Å². The highest BCUT2D eigenvalue weighted by molar-refractivity contribution is 7.33. The Morgan fingerprint density at radius 2 is 1.47 bits per heavy atom. The van der Waals surface area contributed by atoms with Crippen molar-refractivity contribution >= 4 is 34.4 Å². The molecule has 0 aliphatic rings. The first-order valence-electron chi connectivity index (χ1n) is 4.26. The molecule has 3 atom stereocenters. The van der Waals surface area contributed by atoms with E-state index in [-0.39, 0.29) is 0 Å². The minimum absolute atomic E-state index is 1.34. The molecule has 0 amide bonds. The molecule has 0 aromatic carbocycles. The average Bonchev–Trinajstić information content (AvgIpc) is 2.12. The number of aliphatic carboxylic acids is 1. The first-order chi connectivity index (χ1) is 8.56. The van der Waals surface area contributed by atoms with Gasteiger partial charge in [0.05, 0.1) is 12.8 Å². The zero-order valence-corrected chi connectivity index (χ0v) is 10.7. The number of carbonyl (C=O) groups is 3. The quantitative estimate of drug-likeness (QED) is 0.420. The van der Waals surface area contributed by atoms with Crippen molar-refractivity contribution in [2.24, 2.45) is 0 Å². The molecule has 0 spiro atoms. The third kappa shape index (κ3) is 6.85. The molecule has 0 radical (unpaired) electrons. The second kappa shape index (κ2) is 7.17. The predicted octanol–water partition coefficient (Wildman–Crippen LogP) is -1.03. The van der Waals surface area contributed by atoms with E-state index in [0.717, 1.165) is 0 Å². The predicted molar refractivity (Wildman–Crippen MR) is 53.7 cm³/mol. The fourth-order valence-electron chi connectivity index (χ4n) is 0.971. The van der Waals surface area contributed by atoms with Crippen LogP contribution < -0.4 is 0 Å². The molecule has 13 heteroatoms. The third-order valence-corrected chi connectivity index (χ3v) is 2.28. The van der Waals surface area contributed by atoms with Crippen molar-refractivity contribution < 1.29 is 52.6 Å². The van der Waals surface area contributed by atoms with Gasteiger partial charge in [0.2, 0.25) is 0 Å². The van der Waals surface area contributed by atoms with Gasteiger partial charge in [0.1, 0.15) is 0 Å². The molecule has 0 rings (SSSR count). The summed E-state index contributed by atoms with van der Waals surface area (Å²) in [5.74, 6) is -5.16. The van der Waals surface area contributed by atoms with E-state index >= 15 is 0 Å². The summed E-state index contributed by atoms with van der Waals surface area (Å²) in [6, 6.07) is 0. The highest BCUT2D eigenvalue weighted by atomic mass is 31.1. The standard InChI is InChI=1S/C6H6O11P2/c7-3(8)1-6(11,5(10)17-19(14)15)2-4(9)16-18(12)13/h11H,1-2H2,(H-2,7,8,12,13,14,15)/p+2. The van der Waals surface area contributed by atoms with Crippen LogP contribution in [0.4, 0.5) is 0 Å². The maximum atomic E-state index is 11.2. The maximum absolute atomic E-state index is 11.2. The van der Waals surface area contributed by atoms with Crippen LogP contribution in [-0.4, -0.2) is 43.5 Å². The molecule has 3 unspecified atom stereocenters. The lowest BCUT2D eigenvalue weighted by molar-refractivity contribution is -0.167. The number of hydrogen-bond donors (Lipinski definition) is 4. The molecule has 4 N–H and O–H groups in total. The Morgan fingerprint density at radius 3 is 1.84 bits per heavy atom. The number of carbonyl (C=O) groups excluding carboxylic acids is 2. The van der Waals surface area contributed by atoms with Gasteiger partial charge >= 0.3 is 34.4 Å². The summed E-state index contributed by atoms with van der Waals surface area (Å²) in [6.45, 7) is 0. The molecule has 19 heavy (non-hydrogen) atoms. The van der Waals surface area contributed by atoms with Crippen molar-refractivity contribution in [3.05, 3.63) is 0 Å². The fraction of sp³-hybridized carbons (Fsp3) is 0.500. The number of hydrogen-bond acceptors (Lipinski definition) is 8. The molecule has 0 aromatic rings. The zero-order chi connectivity index (χ0) is 15.2. The van der Waals surface area contributed by atoms with E-state index in [2.05, 4.69) is 9.05 Å². The van der Waals surface area contributed by atoms with Crippen molar-refractivity contribution in [3.8, 4) is 0 Å². The molecule has 0 saturated heterocycles. The molecule has 0 heterocycles. The van der Waals surface area contributed by atoms with Crippen molar-refractivity contribution in [1.29, 1.82) is 0 Å². The molecule has 0 fully saturated rings. The number of carboxylic acids is 1. The lowest BCUT2D eigenvalue weighted by atomic mass is 9.96. The normalized spacial score (nSPS) is 14.9. The summed E-state index contributed by atoms with van der Waals surface area (Å²) in [5.41, 5.74) is -3.00. The zero-order valence-electron chi connectivity index (χ0n) is 8.96. The number of aliphatic hydroxyl groups is 1. The summed E-state index contributed by atoms with van der Waals surface area (Å²) in [6.07, 6.45) is -2.69. The van der Waals surface area contributed by atoms with Crippen molar-refractivity contribution in [3.63, 3.8) is 0 Å². The van der Waals surface area contributed by atoms with Gasteiger partial charge in [-0.3, -0.25) is 4.79 Å². The Labute approximate surface area is 106 Å². The second-order valence-corrected chi connectivity index (χ2v) is 4.41. The summed E-state index contributed by atoms with van der Waals surface area (Å²) in [7, 11) is -6.85. The van der Waals surface area contributed by atoms with E-state index in [9.17, 15) is 28.6 Å². The van der Waals surface area contributed by atoms with E-state index in [0.29, 0.717) is 0 Å². The lowest BCUT2D eigenvalue weighted by Gasteiger charge is -2.18. The van der Waals surface area contributed by atoms with E-state index < -0.39 is 52.9 Å². The van der Waals surface area contributed by atoms with Gasteiger partial charge < -0.3 is 10.2 Å². The molecule has 0 aromatic heterocycles. The third-order valence-electron chi connectivity index (χ3n) is 1.60. The molecular weight excluding hydrogens is 310 g/mol. The van der Waals surface area contributed by atoms with Gasteiger partial charge in [0, 0.05) is 9.13 Å². The SMILES string of the molecule is O=C(O)CC(O)(CC(=O)O[P+](=O)O)C(=O)O[P+](=O)O. The van der Waals surface area contributed by atoms with Crippen LogP contribution in [0.5, 0.6) is 0 Å². The van der Waals surface area contributed by atoms with Gasteiger partial charge in [0.25, 0.3) is 0 Å². The van der Waals surface area contributed by atoms with Crippen LogP contribution in [0.2, 0.25) is 0 Å². The number of rotatable bonds is 7. The van der Waals surface area contributed by atoms with Gasteiger partial charge in [-0.2, -0.15) is 9.05 Å². The van der Waals surface area contributed by atoms with Crippen LogP contribution in [0.15, 0.2) is 0 Å². The highest BCUT2D eigenvalue weighted by Crippen LogP contribution is 2.27. The summed E-state index contributed by atoms with van der Waals surface area (Å²) < 4.78 is 27.8. The molecule has 0 bridgehead atoms. The summed E-state index contributed by atoms with van der Waals surface area (Å²) in [4.78, 5) is 49.2. The van der Waals surface area contributed by atoms with E-state index in [1.807, 2.05) is 0 Å². The Kier molecular flexibility index (Phi) is 6.60. The molecule has 11 nitrogen and oxygen atoms in total. The first kappa shape index (κ1) is 17.5. The van der Waals surface area contributed by atoms with E-state index in [1.165, 1.54) is 0 Å². The average molecular weight is 318 g/mol. The smallest absolute Gasteiger partial charge is 0.481 e.